The molecule has 0 aromatic carbocycles. The van der Waals surface area contributed by atoms with Crippen LogP contribution in [0.3, 0.4) is 0 Å². The van der Waals surface area contributed by atoms with Gasteiger partial charge in [0.25, 0.3) is 5.91 Å². The van der Waals surface area contributed by atoms with E-state index in [0.29, 0.717) is 6.54 Å². The molecule has 1 fully saturated rings. The van der Waals surface area contributed by atoms with Crippen molar-refractivity contribution in [1.82, 2.24) is 5.32 Å². The molecule has 0 bridgehead atoms. The lowest BCUT2D eigenvalue weighted by molar-refractivity contribution is -0.122. The predicted molar refractivity (Wildman–Crippen MR) is 37.5 cm³/mol. The van der Waals surface area contributed by atoms with Gasteiger partial charge in [0.05, 0.1) is 6.10 Å². The number of hydrogen-bond acceptors (Lipinski definition) is 2. The van der Waals surface area contributed by atoms with Crippen LogP contribution >= 0.6 is 0 Å². The summed E-state index contributed by atoms with van der Waals surface area (Å²) in [6.07, 6.45) is 1.54. The summed E-state index contributed by atoms with van der Waals surface area (Å²) in [6, 6.07) is 0. The molecule has 56 valence electrons. The quantitative estimate of drug-likeness (QED) is 0.446. The monoisotopic (exact) mass is 141 g/mol. The lowest BCUT2D eigenvalue weighted by atomic mass is 10.3. The van der Waals surface area contributed by atoms with Crippen LogP contribution in [0, 0.1) is 0 Å². The van der Waals surface area contributed by atoms with Gasteiger partial charge in [0.15, 0.2) is 6.10 Å². The third-order valence-electron chi connectivity index (χ3n) is 1.39. The lowest BCUT2D eigenvalue weighted by Gasteiger charge is -1.95. The van der Waals surface area contributed by atoms with E-state index in [2.05, 4.69) is 11.9 Å². The third kappa shape index (κ3) is 1.57. The van der Waals surface area contributed by atoms with Crippen molar-refractivity contribution in [2.75, 3.05) is 6.54 Å². The maximum absolute atomic E-state index is 10.9. The maximum atomic E-state index is 10.9. The van der Waals surface area contributed by atoms with E-state index in [4.69, 9.17) is 4.74 Å². The molecule has 1 heterocycles. The van der Waals surface area contributed by atoms with Gasteiger partial charge in [-0.2, -0.15) is 0 Å². The molecule has 1 saturated heterocycles. The fourth-order valence-corrected chi connectivity index (χ4v) is 0.734. The Morgan fingerprint density at radius 1 is 1.90 bits per heavy atom. The van der Waals surface area contributed by atoms with E-state index < -0.39 is 0 Å². The van der Waals surface area contributed by atoms with E-state index in [1.54, 1.807) is 6.08 Å². The summed E-state index contributed by atoms with van der Waals surface area (Å²) in [5.74, 6) is -0.0348. The number of rotatable bonds is 3. The summed E-state index contributed by atoms with van der Waals surface area (Å²) in [5, 5.41) is 2.64. The van der Waals surface area contributed by atoms with Gasteiger partial charge < -0.3 is 10.1 Å². The van der Waals surface area contributed by atoms with Crippen molar-refractivity contribution in [3.05, 3.63) is 12.7 Å². The van der Waals surface area contributed by atoms with Crippen LogP contribution < -0.4 is 5.32 Å². The van der Waals surface area contributed by atoms with Gasteiger partial charge in [-0.3, -0.25) is 4.79 Å². The summed E-state index contributed by atoms with van der Waals surface area (Å²) in [6.45, 7) is 5.87. The Labute approximate surface area is 60.1 Å². The Kier molecular flexibility index (Phi) is 2.06. The fourth-order valence-electron chi connectivity index (χ4n) is 0.734. The smallest absolute Gasteiger partial charge is 0.252 e. The highest BCUT2D eigenvalue weighted by molar-refractivity contribution is 5.83. The molecule has 0 radical (unpaired) electrons. The SMILES string of the molecule is C=CCNC(=O)[C@@H]1O[C@@H]1C. The molecule has 0 aliphatic carbocycles. The van der Waals surface area contributed by atoms with E-state index in [0.717, 1.165) is 0 Å². The number of carbonyl (C=O) groups is 1. The zero-order valence-corrected chi connectivity index (χ0v) is 5.96. The first kappa shape index (κ1) is 7.28. The Bertz CT molecular complexity index is 156. The molecule has 3 heteroatoms. The summed E-state index contributed by atoms with van der Waals surface area (Å²) in [5.41, 5.74) is 0. The second-order valence-corrected chi connectivity index (χ2v) is 2.30. The number of carbonyl (C=O) groups excluding carboxylic acids is 1. The molecule has 0 unspecified atom stereocenters. The molecule has 0 aromatic heterocycles. The third-order valence-corrected chi connectivity index (χ3v) is 1.39. The fraction of sp³-hybridized carbons (Fsp3) is 0.571. The molecule has 3 nitrogen and oxygen atoms in total. The van der Waals surface area contributed by atoms with Gasteiger partial charge in [-0.05, 0) is 6.92 Å². The van der Waals surface area contributed by atoms with Gasteiger partial charge in [-0.15, -0.1) is 6.58 Å². The van der Waals surface area contributed by atoms with E-state index >= 15 is 0 Å². The Morgan fingerprint density at radius 3 is 2.90 bits per heavy atom. The van der Waals surface area contributed by atoms with Crippen molar-refractivity contribution in [1.29, 1.82) is 0 Å². The molecule has 0 aromatic rings. The topological polar surface area (TPSA) is 41.6 Å². The highest BCUT2D eigenvalue weighted by atomic mass is 16.6. The number of amides is 1. The van der Waals surface area contributed by atoms with E-state index in [9.17, 15) is 4.79 Å². The van der Waals surface area contributed by atoms with E-state index in [1.807, 2.05) is 6.92 Å². The van der Waals surface area contributed by atoms with Crippen molar-refractivity contribution in [2.24, 2.45) is 0 Å². The number of hydrogen-bond donors (Lipinski definition) is 1. The summed E-state index contributed by atoms with van der Waals surface area (Å²) in [4.78, 5) is 10.9. The van der Waals surface area contributed by atoms with Crippen LogP contribution in [-0.2, 0) is 9.53 Å². The average Bonchev–Trinajstić information content (AvgIpc) is 2.62. The summed E-state index contributed by atoms with van der Waals surface area (Å²) >= 11 is 0. The molecule has 0 spiro atoms. The minimum atomic E-state index is -0.208. The lowest BCUT2D eigenvalue weighted by Crippen LogP contribution is -2.28. The first-order valence-electron chi connectivity index (χ1n) is 3.29. The van der Waals surface area contributed by atoms with Gasteiger partial charge in [0.2, 0.25) is 0 Å². The van der Waals surface area contributed by atoms with Crippen LogP contribution in [0.1, 0.15) is 6.92 Å². The first-order chi connectivity index (χ1) is 4.75. The molecule has 1 N–H and O–H groups in total. The Morgan fingerprint density at radius 2 is 2.50 bits per heavy atom. The highest BCUT2D eigenvalue weighted by Gasteiger charge is 2.40. The van der Waals surface area contributed by atoms with Crippen LogP contribution in [0.15, 0.2) is 12.7 Å². The van der Waals surface area contributed by atoms with Gasteiger partial charge in [-0.25, -0.2) is 0 Å². The van der Waals surface area contributed by atoms with E-state index in [-0.39, 0.29) is 18.1 Å². The standard InChI is InChI=1S/C7H11NO2/c1-3-4-8-7(9)6-5(2)10-6/h3,5-6H,1,4H2,2H3,(H,8,9)/t5-,6-/m1/s1. The van der Waals surface area contributed by atoms with Crippen molar-refractivity contribution in [3.63, 3.8) is 0 Å². The van der Waals surface area contributed by atoms with Crippen LogP contribution in [0.2, 0.25) is 0 Å². The summed E-state index contributed by atoms with van der Waals surface area (Å²) in [7, 11) is 0. The molecular formula is C7H11NO2. The van der Waals surface area contributed by atoms with E-state index in [1.165, 1.54) is 0 Å². The van der Waals surface area contributed by atoms with Crippen molar-refractivity contribution in [3.8, 4) is 0 Å². The number of epoxide rings is 1. The second-order valence-electron chi connectivity index (χ2n) is 2.30. The Hall–Kier alpha value is -0.830. The summed E-state index contributed by atoms with van der Waals surface area (Å²) < 4.78 is 4.93. The minimum absolute atomic E-state index is 0.0348. The van der Waals surface area contributed by atoms with Crippen molar-refractivity contribution >= 4 is 5.91 Å². The average molecular weight is 141 g/mol. The molecule has 1 rings (SSSR count). The minimum Gasteiger partial charge on any atom is -0.359 e. The maximum Gasteiger partial charge on any atom is 0.252 e. The van der Waals surface area contributed by atoms with Gasteiger partial charge in [0.1, 0.15) is 0 Å². The number of nitrogens with one attached hydrogen (secondary N) is 1. The molecule has 2 atom stereocenters. The zero-order chi connectivity index (χ0) is 7.56. The Balaban J connectivity index is 2.16. The second kappa shape index (κ2) is 2.84. The van der Waals surface area contributed by atoms with Crippen LogP contribution in [0.5, 0.6) is 0 Å². The zero-order valence-electron chi connectivity index (χ0n) is 5.96. The first-order valence-corrected chi connectivity index (χ1v) is 3.29. The molecular weight excluding hydrogens is 130 g/mol. The molecule has 10 heavy (non-hydrogen) atoms. The van der Waals surface area contributed by atoms with Crippen molar-refractivity contribution < 1.29 is 9.53 Å². The van der Waals surface area contributed by atoms with Gasteiger partial charge in [0, 0.05) is 6.54 Å². The van der Waals surface area contributed by atoms with Gasteiger partial charge >= 0.3 is 0 Å². The predicted octanol–water partition coefficient (Wildman–Crippen LogP) is 0.0759. The molecule has 0 saturated carbocycles. The van der Waals surface area contributed by atoms with Crippen LogP contribution in [0.4, 0.5) is 0 Å². The van der Waals surface area contributed by atoms with Crippen LogP contribution in [-0.4, -0.2) is 24.7 Å². The number of ether oxygens (including phenoxy) is 1. The molecule has 1 aliphatic heterocycles. The molecule has 1 aliphatic rings. The highest BCUT2D eigenvalue weighted by Crippen LogP contribution is 2.20. The normalized spacial score (nSPS) is 29.3. The van der Waals surface area contributed by atoms with Gasteiger partial charge in [-0.1, -0.05) is 6.08 Å². The van der Waals surface area contributed by atoms with Crippen molar-refractivity contribution in [2.45, 2.75) is 19.1 Å². The largest absolute Gasteiger partial charge is 0.359 e. The van der Waals surface area contributed by atoms with Crippen LogP contribution in [0.25, 0.3) is 0 Å². The molecule has 1 amide bonds.